The molecule has 0 radical (unpaired) electrons. The van der Waals surface area contributed by atoms with Gasteiger partial charge in [0.15, 0.2) is 5.82 Å². The zero-order valence-corrected chi connectivity index (χ0v) is 14.4. The molecule has 0 aliphatic rings. The van der Waals surface area contributed by atoms with Crippen LogP contribution in [0.5, 0.6) is 0 Å². The van der Waals surface area contributed by atoms with Gasteiger partial charge in [0.25, 0.3) is 0 Å². The van der Waals surface area contributed by atoms with Crippen LogP contribution in [0, 0.1) is 6.92 Å². The van der Waals surface area contributed by atoms with Crippen molar-refractivity contribution >= 4 is 28.8 Å². The van der Waals surface area contributed by atoms with Crippen LogP contribution in [0.3, 0.4) is 0 Å². The predicted molar refractivity (Wildman–Crippen MR) is 101 cm³/mol. The minimum Gasteiger partial charge on any atom is -0.283 e. The van der Waals surface area contributed by atoms with E-state index in [2.05, 4.69) is 10.2 Å². The fraction of sp³-hybridized carbons (Fsp3) is 0.0500. The minimum atomic E-state index is 0.679. The van der Waals surface area contributed by atoms with E-state index >= 15 is 0 Å². The van der Waals surface area contributed by atoms with Crippen LogP contribution in [0.1, 0.15) is 5.56 Å². The first-order valence-electron chi connectivity index (χ1n) is 7.93. The Morgan fingerprint density at radius 3 is 2.52 bits per heavy atom. The third-order valence-corrected chi connectivity index (χ3v) is 4.45. The lowest BCUT2D eigenvalue weighted by Gasteiger charge is -2.02. The van der Waals surface area contributed by atoms with Crippen molar-refractivity contribution in [3.8, 4) is 11.3 Å². The molecule has 4 aromatic rings. The van der Waals surface area contributed by atoms with Crippen LogP contribution in [0.25, 0.3) is 16.9 Å². The van der Waals surface area contributed by atoms with Gasteiger partial charge in [-0.3, -0.25) is 4.40 Å². The maximum Gasteiger partial charge on any atom is 0.187 e. The van der Waals surface area contributed by atoms with Crippen molar-refractivity contribution in [3.05, 3.63) is 83.5 Å². The number of fused-ring (bicyclic) bond motifs is 1. The Kier molecular flexibility index (Phi) is 4.04. The molecule has 0 fully saturated rings. The van der Waals surface area contributed by atoms with Crippen molar-refractivity contribution < 1.29 is 0 Å². The lowest BCUT2D eigenvalue weighted by molar-refractivity contribution is 1.10. The van der Waals surface area contributed by atoms with Gasteiger partial charge in [0, 0.05) is 16.8 Å². The van der Waals surface area contributed by atoms with Gasteiger partial charge >= 0.3 is 0 Å². The van der Waals surface area contributed by atoms with Crippen molar-refractivity contribution in [1.29, 1.82) is 0 Å². The van der Waals surface area contributed by atoms with Gasteiger partial charge in [0.2, 0.25) is 0 Å². The van der Waals surface area contributed by atoms with E-state index in [1.54, 1.807) is 0 Å². The highest BCUT2D eigenvalue weighted by Gasteiger charge is 2.13. The molecule has 0 aliphatic carbocycles. The van der Waals surface area contributed by atoms with Crippen molar-refractivity contribution in [2.24, 2.45) is 10.2 Å². The molecule has 2 heterocycles. The van der Waals surface area contributed by atoms with Crippen molar-refractivity contribution in [2.45, 2.75) is 6.92 Å². The van der Waals surface area contributed by atoms with E-state index in [1.807, 2.05) is 84.3 Å². The summed E-state index contributed by atoms with van der Waals surface area (Å²) in [5, 5.41) is 9.61. The minimum absolute atomic E-state index is 0.679. The molecule has 2 aromatic carbocycles. The van der Waals surface area contributed by atoms with E-state index in [4.69, 9.17) is 16.6 Å². The van der Waals surface area contributed by atoms with Gasteiger partial charge in [-0.15, -0.1) is 10.2 Å². The molecule has 4 nitrogen and oxygen atoms in total. The van der Waals surface area contributed by atoms with Gasteiger partial charge < -0.3 is 0 Å². The van der Waals surface area contributed by atoms with Crippen LogP contribution in [-0.4, -0.2) is 9.38 Å². The highest BCUT2D eigenvalue weighted by Crippen LogP contribution is 2.33. The maximum absolute atomic E-state index is 6.18. The van der Waals surface area contributed by atoms with Crippen LogP contribution in [0.15, 0.2) is 83.2 Å². The standard InChI is InChI=1S/C20H15ClN4/c1-14-16(21)10-7-11-17(14)23-24-20-19(15-8-3-2-4-9-15)22-18-12-5-6-13-25(18)20/h2-13H,1H3. The Morgan fingerprint density at radius 1 is 0.880 bits per heavy atom. The molecule has 0 saturated carbocycles. The maximum atomic E-state index is 6.18. The number of aromatic nitrogens is 2. The van der Waals surface area contributed by atoms with Gasteiger partial charge in [0.05, 0.1) is 5.69 Å². The number of rotatable bonds is 3. The van der Waals surface area contributed by atoms with Crippen LogP contribution in [0.4, 0.5) is 11.5 Å². The molecule has 0 saturated heterocycles. The van der Waals surface area contributed by atoms with Crippen LogP contribution in [0.2, 0.25) is 5.02 Å². The average Bonchev–Trinajstić information content (AvgIpc) is 3.02. The number of hydrogen-bond donors (Lipinski definition) is 0. The molecule has 0 atom stereocenters. The normalized spacial score (nSPS) is 11.4. The smallest absolute Gasteiger partial charge is 0.187 e. The number of azo groups is 1. The van der Waals surface area contributed by atoms with E-state index < -0.39 is 0 Å². The molecular formula is C20H15ClN4. The summed E-state index contributed by atoms with van der Waals surface area (Å²) in [6, 6.07) is 21.5. The third kappa shape index (κ3) is 2.92. The summed E-state index contributed by atoms with van der Waals surface area (Å²) >= 11 is 6.18. The number of hydrogen-bond acceptors (Lipinski definition) is 3. The highest BCUT2D eigenvalue weighted by molar-refractivity contribution is 6.31. The quantitative estimate of drug-likeness (QED) is 0.397. The summed E-state index contributed by atoms with van der Waals surface area (Å²) in [4.78, 5) is 4.72. The molecule has 122 valence electrons. The fourth-order valence-electron chi connectivity index (χ4n) is 2.67. The van der Waals surface area contributed by atoms with Crippen molar-refractivity contribution in [3.63, 3.8) is 0 Å². The summed E-state index contributed by atoms with van der Waals surface area (Å²) in [5.41, 5.74) is 4.29. The lowest BCUT2D eigenvalue weighted by atomic mass is 10.1. The molecule has 0 aliphatic heterocycles. The van der Waals surface area contributed by atoms with E-state index in [-0.39, 0.29) is 0 Å². The molecule has 2 aromatic heterocycles. The average molecular weight is 347 g/mol. The largest absolute Gasteiger partial charge is 0.283 e. The Hall–Kier alpha value is -2.98. The number of halogens is 1. The van der Waals surface area contributed by atoms with Gasteiger partial charge in [-0.05, 0) is 36.8 Å². The van der Waals surface area contributed by atoms with E-state index in [1.165, 1.54) is 0 Å². The Morgan fingerprint density at radius 2 is 1.68 bits per heavy atom. The molecule has 0 bridgehead atoms. The van der Waals surface area contributed by atoms with Crippen LogP contribution >= 0.6 is 11.6 Å². The van der Waals surface area contributed by atoms with Gasteiger partial charge in [-0.1, -0.05) is 54.1 Å². The fourth-order valence-corrected chi connectivity index (χ4v) is 2.84. The zero-order valence-electron chi connectivity index (χ0n) is 13.6. The number of nitrogens with zero attached hydrogens (tertiary/aromatic N) is 4. The summed E-state index contributed by atoms with van der Waals surface area (Å²) in [6.45, 7) is 1.93. The van der Waals surface area contributed by atoms with E-state index in [0.29, 0.717) is 10.8 Å². The zero-order chi connectivity index (χ0) is 17.2. The second-order valence-electron chi connectivity index (χ2n) is 5.66. The molecule has 0 amide bonds. The van der Waals surface area contributed by atoms with Crippen molar-refractivity contribution in [2.75, 3.05) is 0 Å². The first-order chi connectivity index (χ1) is 12.2. The molecule has 25 heavy (non-hydrogen) atoms. The summed E-state index contributed by atoms with van der Waals surface area (Å²) in [5.74, 6) is 0.696. The second kappa shape index (κ2) is 6.49. The SMILES string of the molecule is Cc1c(Cl)cccc1N=Nc1c(-c2ccccc2)nc2ccccn12. The number of benzene rings is 2. The van der Waals surface area contributed by atoms with Gasteiger partial charge in [0.1, 0.15) is 11.3 Å². The number of imidazole rings is 1. The Balaban J connectivity index is 1.88. The van der Waals surface area contributed by atoms with Crippen LogP contribution in [-0.2, 0) is 0 Å². The molecule has 5 heteroatoms. The first-order valence-corrected chi connectivity index (χ1v) is 8.31. The number of pyridine rings is 1. The van der Waals surface area contributed by atoms with E-state index in [0.717, 1.165) is 28.2 Å². The monoisotopic (exact) mass is 346 g/mol. The molecule has 0 unspecified atom stereocenters. The first kappa shape index (κ1) is 15.5. The molecule has 0 spiro atoms. The molecule has 4 rings (SSSR count). The summed E-state index contributed by atoms with van der Waals surface area (Å²) in [6.07, 6.45) is 1.94. The Bertz CT molecular complexity index is 1070. The third-order valence-electron chi connectivity index (χ3n) is 4.04. The van der Waals surface area contributed by atoms with Gasteiger partial charge in [-0.2, -0.15) is 0 Å². The highest BCUT2D eigenvalue weighted by atomic mass is 35.5. The van der Waals surface area contributed by atoms with Crippen LogP contribution < -0.4 is 0 Å². The summed E-state index contributed by atoms with van der Waals surface area (Å²) < 4.78 is 1.94. The van der Waals surface area contributed by atoms with Crippen molar-refractivity contribution in [1.82, 2.24) is 9.38 Å². The van der Waals surface area contributed by atoms with Gasteiger partial charge in [-0.25, -0.2) is 4.98 Å². The van der Waals surface area contributed by atoms with E-state index in [9.17, 15) is 0 Å². The summed E-state index contributed by atoms with van der Waals surface area (Å²) in [7, 11) is 0. The molecule has 0 N–H and O–H groups in total. The Labute approximate surface area is 150 Å². The molecular weight excluding hydrogens is 332 g/mol. The second-order valence-corrected chi connectivity index (χ2v) is 6.07. The lowest BCUT2D eigenvalue weighted by Crippen LogP contribution is -1.82. The topological polar surface area (TPSA) is 42.0 Å². The predicted octanol–water partition coefficient (Wildman–Crippen LogP) is 6.38.